The maximum absolute atomic E-state index is 10.5. The number of carbonyl (C=O) groups is 1. The Labute approximate surface area is 90.6 Å². The topological polar surface area (TPSA) is 64.3 Å². The van der Waals surface area contributed by atoms with Gasteiger partial charge in [0.15, 0.2) is 0 Å². The van der Waals surface area contributed by atoms with Crippen LogP contribution >= 0.6 is 15.9 Å². The fraction of sp³-hybridized carbons (Fsp3) is 0.222. The first-order valence-electron chi connectivity index (χ1n) is 3.99. The predicted octanol–water partition coefficient (Wildman–Crippen LogP) is 1.35. The molecule has 0 fully saturated rings. The van der Waals surface area contributed by atoms with Crippen molar-refractivity contribution in [3.05, 3.63) is 22.7 Å². The molecule has 0 aliphatic heterocycles. The monoisotopic (exact) mass is 258 g/mol. The minimum absolute atomic E-state index is 0.124. The lowest BCUT2D eigenvalue weighted by molar-refractivity contribution is -0.116. The lowest BCUT2D eigenvalue weighted by Gasteiger charge is -2.07. The average molecular weight is 259 g/mol. The zero-order valence-electron chi connectivity index (χ0n) is 7.71. The van der Waals surface area contributed by atoms with Crippen LogP contribution in [0.2, 0.25) is 0 Å². The Kier molecular flexibility index (Phi) is 3.76. The molecule has 5 heteroatoms. The molecule has 0 bridgehead atoms. The van der Waals surface area contributed by atoms with Gasteiger partial charge in [0.1, 0.15) is 5.75 Å². The fourth-order valence-electron chi connectivity index (χ4n) is 0.966. The second kappa shape index (κ2) is 4.85. The molecule has 1 aromatic carbocycles. The predicted molar refractivity (Wildman–Crippen MR) is 58.4 cm³/mol. The van der Waals surface area contributed by atoms with E-state index < -0.39 is 5.91 Å². The van der Waals surface area contributed by atoms with Gasteiger partial charge >= 0.3 is 0 Å². The maximum atomic E-state index is 10.5. The number of halogens is 1. The molecule has 1 rings (SSSR count). The van der Waals surface area contributed by atoms with Crippen molar-refractivity contribution in [2.45, 2.75) is 0 Å². The number of nitrogens with one attached hydrogen (secondary N) is 1. The summed E-state index contributed by atoms with van der Waals surface area (Å²) < 4.78 is 5.89. The van der Waals surface area contributed by atoms with Crippen LogP contribution in [0.4, 0.5) is 5.69 Å². The Morgan fingerprint density at radius 2 is 2.36 bits per heavy atom. The van der Waals surface area contributed by atoms with Crippen molar-refractivity contribution in [3.63, 3.8) is 0 Å². The Balaban J connectivity index is 2.71. The SMILES string of the molecule is COc1ccc(NCC(N)=O)cc1Br. The van der Waals surface area contributed by atoms with Crippen LogP contribution in [0.25, 0.3) is 0 Å². The second-order valence-electron chi connectivity index (χ2n) is 2.67. The number of benzene rings is 1. The van der Waals surface area contributed by atoms with Gasteiger partial charge in [-0.3, -0.25) is 4.79 Å². The number of hydrogen-bond acceptors (Lipinski definition) is 3. The summed E-state index contributed by atoms with van der Waals surface area (Å²) in [5.74, 6) is 0.353. The van der Waals surface area contributed by atoms with Gasteiger partial charge in [-0.1, -0.05) is 0 Å². The average Bonchev–Trinajstić information content (AvgIpc) is 2.15. The first-order chi connectivity index (χ1) is 6.63. The van der Waals surface area contributed by atoms with Gasteiger partial charge in [0.05, 0.1) is 18.1 Å². The van der Waals surface area contributed by atoms with Crippen molar-refractivity contribution in [2.75, 3.05) is 19.0 Å². The van der Waals surface area contributed by atoms with E-state index >= 15 is 0 Å². The molecule has 14 heavy (non-hydrogen) atoms. The highest BCUT2D eigenvalue weighted by Crippen LogP contribution is 2.27. The molecule has 0 saturated carbocycles. The largest absolute Gasteiger partial charge is 0.496 e. The van der Waals surface area contributed by atoms with Crippen molar-refractivity contribution in [2.24, 2.45) is 5.73 Å². The number of ether oxygens (including phenoxy) is 1. The summed E-state index contributed by atoms with van der Waals surface area (Å²) in [5, 5.41) is 2.88. The summed E-state index contributed by atoms with van der Waals surface area (Å²) in [6, 6.07) is 5.43. The van der Waals surface area contributed by atoms with E-state index in [-0.39, 0.29) is 6.54 Å². The minimum Gasteiger partial charge on any atom is -0.496 e. The number of nitrogens with two attached hydrogens (primary N) is 1. The second-order valence-corrected chi connectivity index (χ2v) is 3.52. The molecule has 1 amide bonds. The number of amides is 1. The fourth-order valence-corrected chi connectivity index (χ4v) is 1.51. The van der Waals surface area contributed by atoms with Gasteiger partial charge in [-0.05, 0) is 34.1 Å². The lowest BCUT2D eigenvalue weighted by atomic mass is 10.3. The van der Waals surface area contributed by atoms with Crippen LogP contribution in [-0.2, 0) is 4.79 Å². The molecule has 4 nitrogen and oxygen atoms in total. The number of hydrogen-bond donors (Lipinski definition) is 2. The van der Waals surface area contributed by atoms with E-state index in [0.29, 0.717) is 0 Å². The van der Waals surface area contributed by atoms with E-state index in [9.17, 15) is 4.79 Å². The highest BCUT2D eigenvalue weighted by molar-refractivity contribution is 9.10. The molecule has 0 atom stereocenters. The van der Waals surface area contributed by atoms with Gasteiger partial charge in [0, 0.05) is 5.69 Å². The van der Waals surface area contributed by atoms with Gasteiger partial charge in [-0.2, -0.15) is 0 Å². The molecule has 0 spiro atoms. The Hall–Kier alpha value is -1.23. The smallest absolute Gasteiger partial charge is 0.236 e. The lowest BCUT2D eigenvalue weighted by Crippen LogP contribution is -2.21. The normalized spacial score (nSPS) is 9.57. The number of rotatable bonds is 4. The van der Waals surface area contributed by atoms with E-state index in [0.717, 1.165) is 15.9 Å². The third-order valence-electron chi connectivity index (χ3n) is 1.62. The molecule has 0 unspecified atom stereocenters. The third-order valence-corrected chi connectivity index (χ3v) is 2.24. The van der Waals surface area contributed by atoms with E-state index in [2.05, 4.69) is 21.2 Å². The molecular formula is C9H11BrN2O2. The zero-order valence-corrected chi connectivity index (χ0v) is 9.30. The molecule has 0 aliphatic carbocycles. The Morgan fingerprint density at radius 1 is 1.64 bits per heavy atom. The first kappa shape index (κ1) is 10.8. The van der Waals surface area contributed by atoms with Crippen molar-refractivity contribution in [1.82, 2.24) is 0 Å². The van der Waals surface area contributed by atoms with Gasteiger partial charge in [-0.25, -0.2) is 0 Å². The quantitative estimate of drug-likeness (QED) is 0.857. The van der Waals surface area contributed by atoms with Crippen LogP contribution in [0.15, 0.2) is 22.7 Å². The van der Waals surface area contributed by atoms with Crippen molar-refractivity contribution in [3.8, 4) is 5.75 Å². The van der Waals surface area contributed by atoms with Gasteiger partial charge in [0.2, 0.25) is 5.91 Å². The summed E-state index contributed by atoms with van der Waals surface area (Å²) >= 11 is 3.33. The number of anilines is 1. The third kappa shape index (κ3) is 2.92. The molecule has 0 saturated heterocycles. The van der Waals surface area contributed by atoms with Crippen molar-refractivity contribution < 1.29 is 9.53 Å². The standard InChI is InChI=1S/C9H11BrN2O2/c1-14-8-3-2-6(4-7(8)10)12-5-9(11)13/h2-4,12H,5H2,1H3,(H2,11,13). The molecule has 76 valence electrons. The number of methoxy groups -OCH3 is 1. The van der Waals surface area contributed by atoms with Crippen LogP contribution in [0.1, 0.15) is 0 Å². The van der Waals surface area contributed by atoms with Gasteiger partial charge in [0.25, 0.3) is 0 Å². The highest BCUT2D eigenvalue weighted by Gasteiger charge is 2.01. The van der Waals surface area contributed by atoms with Crippen LogP contribution in [0.5, 0.6) is 5.75 Å². The van der Waals surface area contributed by atoms with Crippen LogP contribution in [0, 0.1) is 0 Å². The van der Waals surface area contributed by atoms with Crippen molar-refractivity contribution in [1.29, 1.82) is 0 Å². The number of carbonyl (C=O) groups excluding carboxylic acids is 1. The summed E-state index contributed by atoms with van der Waals surface area (Å²) in [6.07, 6.45) is 0. The highest BCUT2D eigenvalue weighted by atomic mass is 79.9. The van der Waals surface area contributed by atoms with Crippen LogP contribution in [-0.4, -0.2) is 19.6 Å². The molecule has 1 aromatic rings. The van der Waals surface area contributed by atoms with Crippen LogP contribution in [0.3, 0.4) is 0 Å². The van der Waals surface area contributed by atoms with E-state index in [1.807, 2.05) is 12.1 Å². The molecule has 0 aliphatic rings. The summed E-state index contributed by atoms with van der Waals surface area (Å²) in [6.45, 7) is 0.124. The van der Waals surface area contributed by atoms with Gasteiger partial charge < -0.3 is 15.8 Å². The number of primary amides is 1. The molecule has 0 heterocycles. The zero-order chi connectivity index (χ0) is 10.6. The molecule has 3 N–H and O–H groups in total. The maximum Gasteiger partial charge on any atom is 0.236 e. The van der Waals surface area contributed by atoms with E-state index in [4.69, 9.17) is 10.5 Å². The summed E-state index contributed by atoms with van der Waals surface area (Å²) in [4.78, 5) is 10.5. The van der Waals surface area contributed by atoms with Crippen LogP contribution < -0.4 is 15.8 Å². The molecule has 0 aromatic heterocycles. The van der Waals surface area contributed by atoms with Crippen molar-refractivity contribution >= 4 is 27.5 Å². The minimum atomic E-state index is -0.392. The molecule has 0 radical (unpaired) electrons. The Morgan fingerprint density at radius 3 is 2.86 bits per heavy atom. The van der Waals surface area contributed by atoms with E-state index in [1.165, 1.54) is 0 Å². The first-order valence-corrected chi connectivity index (χ1v) is 4.78. The summed E-state index contributed by atoms with van der Waals surface area (Å²) in [7, 11) is 1.59. The molecular weight excluding hydrogens is 248 g/mol. The Bertz CT molecular complexity index is 342. The van der Waals surface area contributed by atoms with Gasteiger partial charge in [-0.15, -0.1) is 0 Å². The summed E-state index contributed by atoms with van der Waals surface area (Å²) in [5.41, 5.74) is 5.81. The van der Waals surface area contributed by atoms with E-state index in [1.54, 1.807) is 13.2 Å².